The first-order valence-electron chi connectivity index (χ1n) is 22.9. The number of benzene rings is 1. The van der Waals surface area contributed by atoms with E-state index in [2.05, 4.69) is 10.5 Å². The van der Waals surface area contributed by atoms with Crippen molar-refractivity contribution in [1.29, 1.82) is 0 Å². The van der Waals surface area contributed by atoms with Crippen LogP contribution >= 0.6 is 7.82 Å². The summed E-state index contributed by atoms with van der Waals surface area (Å²) in [7, 11) is -4.31. The maximum Gasteiger partial charge on any atom is 0.478 e. The van der Waals surface area contributed by atoms with Crippen molar-refractivity contribution in [1.82, 2.24) is 19.7 Å². The van der Waals surface area contributed by atoms with Crippen molar-refractivity contribution in [3.63, 3.8) is 0 Å². The molecule has 0 aliphatic carbocycles. The van der Waals surface area contributed by atoms with Crippen LogP contribution in [0.5, 0.6) is 5.75 Å². The van der Waals surface area contributed by atoms with E-state index in [4.69, 9.17) is 37.4 Å². The number of phosphoric acid groups is 1. The van der Waals surface area contributed by atoms with Crippen LogP contribution in [0.25, 0.3) is 0 Å². The summed E-state index contributed by atoms with van der Waals surface area (Å²) in [5.41, 5.74) is -6.43. The van der Waals surface area contributed by atoms with Crippen LogP contribution in [0.2, 0.25) is 0 Å². The second-order valence-corrected chi connectivity index (χ2v) is 22.8. The lowest BCUT2D eigenvalue weighted by Crippen LogP contribution is -2.52. The third kappa shape index (κ3) is 14.1. The van der Waals surface area contributed by atoms with Gasteiger partial charge < -0.3 is 38.6 Å². The first-order valence-corrected chi connectivity index (χ1v) is 24.3. The lowest BCUT2D eigenvalue weighted by molar-refractivity contribution is -0.161. The Morgan fingerprint density at radius 1 is 0.957 bits per heavy atom. The van der Waals surface area contributed by atoms with Crippen molar-refractivity contribution in [3.05, 3.63) is 63.1 Å². The monoisotopic (exact) mass is 1010 g/mol. The number of oxime groups is 1. The summed E-state index contributed by atoms with van der Waals surface area (Å²) in [6, 6.07) is 1.82. The zero-order chi connectivity index (χ0) is 52.4. The fourth-order valence-electron chi connectivity index (χ4n) is 7.94. The molecule has 3 atom stereocenters. The van der Waals surface area contributed by atoms with Gasteiger partial charge in [-0.15, -0.1) is 0 Å². The molecule has 3 aliphatic rings. The van der Waals surface area contributed by atoms with Crippen molar-refractivity contribution in [2.75, 3.05) is 33.2 Å². The van der Waals surface area contributed by atoms with Crippen molar-refractivity contribution in [2.24, 2.45) is 10.6 Å². The number of hydrogen-bond acceptors (Lipinski definition) is 16. The summed E-state index contributed by atoms with van der Waals surface area (Å²) in [6.07, 6.45) is 1.34. The Kier molecular flexibility index (Phi) is 16.7. The van der Waals surface area contributed by atoms with Crippen LogP contribution in [-0.2, 0) is 53.3 Å². The van der Waals surface area contributed by atoms with Gasteiger partial charge in [0, 0.05) is 49.9 Å². The Bertz CT molecular complexity index is 2460. The molecule has 2 aromatic rings. The zero-order valence-corrected chi connectivity index (χ0v) is 43.0. The summed E-state index contributed by atoms with van der Waals surface area (Å²) < 4.78 is 81.8. The summed E-state index contributed by atoms with van der Waals surface area (Å²) in [6.45, 7) is 18.2. The highest BCUT2D eigenvalue weighted by molar-refractivity contribution is 7.48. The maximum absolute atomic E-state index is 14.6. The van der Waals surface area contributed by atoms with Gasteiger partial charge in [-0.3, -0.25) is 37.9 Å². The number of carbonyl (C=O) groups excluding carboxylic acids is 5. The van der Waals surface area contributed by atoms with Gasteiger partial charge in [0.05, 0.1) is 28.4 Å². The van der Waals surface area contributed by atoms with E-state index >= 15 is 0 Å². The minimum atomic E-state index is -4.31. The number of aromatic nitrogens is 1. The summed E-state index contributed by atoms with van der Waals surface area (Å²) >= 11 is 0. The number of phosphoric ester groups is 1. The molecule has 1 saturated heterocycles. The van der Waals surface area contributed by atoms with Gasteiger partial charge in [-0.2, -0.15) is 0 Å². The number of pyridine rings is 1. The SMILES string of the molecule is CC1=NO[C@@]2(CC[C@H](C)N3C[C@H]2n2cc(C(=O)NCc4ccc(F)cc4F)c(=O)c(OCOC(=O)C(C)(C)CCN(CC(=O)OC(C)(C)C)C(=O)OCOP(=O)(OC(C)(C)C)OC(C)(C)C)c2C3=O)C1. The van der Waals surface area contributed by atoms with Gasteiger partial charge in [-0.25, -0.2) is 22.7 Å². The quantitative estimate of drug-likeness (QED) is 0.0698. The van der Waals surface area contributed by atoms with E-state index in [0.29, 0.717) is 31.0 Å². The molecule has 1 aromatic carbocycles. The van der Waals surface area contributed by atoms with Crippen LogP contribution in [-0.4, -0.2) is 112 Å². The number of esters is 2. The molecule has 0 saturated carbocycles. The minimum absolute atomic E-state index is 0.0629. The molecule has 1 N–H and O–H groups in total. The Morgan fingerprint density at radius 2 is 1.61 bits per heavy atom. The van der Waals surface area contributed by atoms with Crippen molar-refractivity contribution >= 4 is 43.4 Å². The smallest absolute Gasteiger partial charge is 0.459 e. The van der Waals surface area contributed by atoms with E-state index in [0.717, 1.165) is 17.0 Å². The van der Waals surface area contributed by atoms with E-state index in [9.17, 15) is 42.1 Å². The van der Waals surface area contributed by atoms with Crippen LogP contribution in [0.3, 0.4) is 0 Å². The summed E-state index contributed by atoms with van der Waals surface area (Å²) in [5, 5.41) is 6.71. The molecule has 1 aromatic heterocycles. The summed E-state index contributed by atoms with van der Waals surface area (Å²) in [5.74, 6) is -5.62. The fourth-order valence-corrected chi connectivity index (χ4v) is 9.60. The Labute approximate surface area is 406 Å². The van der Waals surface area contributed by atoms with Gasteiger partial charge in [0.1, 0.15) is 29.3 Å². The molecule has 0 radical (unpaired) electrons. The third-order valence-corrected chi connectivity index (χ3v) is 13.2. The highest BCUT2D eigenvalue weighted by atomic mass is 31.2. The molecule has 20 nitrogen and oxygen atoms in total. The van der Waals surface area contributed by atoms with Gasteiger partial charge in [0.15, 0.2) is 11.3 Å². The van der Waals surface area contributed by atoms with Crippen molar-refractivity contribution in [3.8, 4) is 5.75 Å². The topological polar surface area (TPSA) is 229 Å². The number of amides is 3. The molecule has 2 bridgehead atoms. The molecular weight excluding hydrogens is 944 g/mol. The maximum atomic E-state index is 14.6. The zero-order valence-electron chi connectivity index (χ0n) is 42.2. The van der Waals surface area contributed by atoms with Crippen molar-refractivity contribution < 1.29 is 74.7 Å². The fraction of sp³-hybridized carbons (Fsp3) is 0.638. The molecule has 388 valence electrons. The predicted octanol–water partition coefficient (Wildman–Crippen LogP) is 7.56. The number of carbonyl (C=O) groups is 5. The molecule has 1 fully saturated rings. The van der Waals surface area contributed by atoms with Crippen LogP contribution < -0.4 is 15.5 Å². The second kappa shape index (κ2) is 21.1. The highest BCUT2D eigenvalue weighted by Crippen LogP contribution is 2.55. The van der Waals surface area contributed by atoms with Gasteiger partial charge in [-0.05, 0) is 115 Å². The number of hydrogen-bond donors (Lipinski definition) is 1. The van der Waals surface area contributed by atoms with Crippen LogP contribution in [0, 0.1) is 17.0 Å². The third-order valence-electron chi connectivity index (χ3n) is 11.2. The lowest BCUT2D eigenvalue weighted by Gasteiger charge is -2.42. The minimum Gasteiger partial charge on any atom is -0.459 e. The van der Waals surface area contributed by atoms with E-state index in [-0.39, 0.29) is 36.8 Å². The standard InChI is InChI=1S/C47H66F2N5O15P/c1-28-21-47(67-51-28)17-16-29(2)53-24-34(47)54-23-32(39(57)50-22-30-14-15-31(48)20-33(30)49)37(56)38(36(54)40(53)58)62-26-63-41(59)46(12,13)18-19-52(25-35(55)66-43(3,4)5)42(60)64-27-65-70(61,68-44(6,7)8)69-45(9,10)11/h14-15,20,23,29,34H,16-19,21-22,24-27H2,1-13H3,(H,50,57)/t29-,34+,47-/m0/s1. The van der Waals surface area contributed by atoms with Crippen LogP contribution in [0.4, 0.5) is 13.6 Å². The van der Waals surface area contributed by atoms with Gasteiger partial charge in [0.2, 0.25) is 24.8 Å². The Balaban J connectivity index is 1.37. The first kappa shape index (κ1) is 55.5. The highest BCUT2D eigenvalue weighted by Gasteiger charge is 2.54. The van der Waals surface area contributed by atoms with E-state index in [1.165, 1.54) is 24.6 Å². The number of ether oxygens (including phenoxy) is 4. The van der Waals surface area contributed by atoms with E-state index in [1.807, 2.05) is 6.92 Å². The molecule has 0 unspecified atom stereocenters. The van der Waals surface area contributed by atoms with Gasteiger partial charge in [0.25, 0.3) is 11.8 Å². The van der Waals surface area contributed by atoms with Crippen LogP contribution in [0.15, 0.2) is 34.3 Å². The average molecular weight is 1010 g/mol. The molecule has 70 heavy (non-hydrogen) atoms. The Hall–Kier alpha value is -5.44. The van der Waals surface area contributed by atoms with E-state index < -0.39 is 127 Å². The summed E-state index contributed by atoms with van der Waals surface area (Å²) in [4.78, 5) is 91.4. The normalized spacial score (nSPS) is 19.4. The van der Waals surface area contributed by atoms with E-state index in [1.54, 1.807) is 74.1 Å². The van der Waals surface area contributed by atoms with Gasteiger partial charge in [-0.1, -0.05) is 11.2 Å². The second-order valence-electron chi connectivity index (χ2n) is 21.2. The molecule has 5 rings (SSSR count). The molecular formula is C47H66F2N5O15P. The van der Waals surface area contributed by atoms with Crippen LogP contribution in [0.1, 0.15) is 148 Å². The first-order chi connectivity index (χ1) is 32.2. The lowest BCUT2D eigenvalue weighted by atomic mass is 9.84. The largest absolute Gasteiger partial charge is 0.478 e. The number of rotatable bonds is 17. The average Bonchev–Trinajstić information content (AvgIpc) is 3.54. The number of halogens is 2. The Morgan fingerprint density at radius 3 is 2.20 bits per heavy atom. The predicted molar refractivity (Wildman–Crippen MR) is 248 cm³/mol. The molecule has 3 aliphatic heterocycles. The molecule has 23 heteroatoms. The number of nitrogens with zero attached hydrogens (tertiary/aromatic N) is 4. The van der Waals surface area contributed by atoms with Crippen molar-refractivity contribution in [2.45, 2.75) is 157 Å². The van der Waals surface area contributed by atoms with Gasteiger partial charge >= 0.3 is 25.9 Å². The molecule has 4 heterocycles. The number of fused-ring (bicyclic) bond motifs is 5. The molecule has 3 amide bonds. The number of nitrogens with one attached hydrogen (secondary N) is 1. The molecule has 1 spiro atoms.